The number of para-hydroxylation sites is 1. The number of halogens is 1. The minimum absolute atomic E-state index is 0.818. The van der Waals surface area contributed by atoms with Crippen LogP contribution >= 0.6 is 11.6 Å². The van der Waals surface area contributed by atoms with Crippen molar-refractivity contribution in [3.63, 3.8) is 0 Å². The molecule has 0 bridgehead atoms. The number of benzene rings is 1. The lowest BCUT2D eigenvalue weighted by molar-refractivity contribution is 0.343. The minimum atomic E-state index is 0.818. The summed E-state index contributed by atoms with van der Waals surface area (Å²) in [5.41, 5.74) is 1.26. The van der Waals surface area contributed by atoms with E-state index in [2.05, 4.69) is 34.3 Å². The largest absolute Gasteiger partial charge is 0.346 e. The first-order chi connectivity index (χ1) is 8.84. The van der Waals surface area contributed by atoms with Crippen molar-refractivity contribution >= 4 is 22.5 Å². The van der Waals surface area contributed by atoms with Gasteiger partial charge >= 0.3 is 0 Å². The zero-order chi connectivity index (χ0) is 12.4. The van der Waals surface area contributed by atoms with Gasteiger partial charge in [0.15, 0.2) is 0 Å². The van der Waals surface area contributed by atoms with Crippen LogP contribution in [0.25, 0.3) is 10.9 Å². The average molecular weight is 263 g/mol. The van der Waals surface area contributed by atoms with Crippen molar-refractivity contribution in [3.8, 4) is 0 Å². The molecule has 0 spiro atoms. The topological polar surface area (TPSA) is 17.0 Å². The zero-order valence-electron chi connectivity index (χ0n) is 10.5. The van der Waals surface area contributed by atoms with Crippen LogP contribution in [0.1, 0.15) is 19.3 Å². The van der Waals surface area contributed by atoms with E-state index >= 15 is 0 Å². The van der Waals surface area contributed by atoms with E-state index in [9.17, 15) is 0 Å². The fraction of sp³-hybridized carbons (Fsp3) is 0.467. The fourth-order valence-electron chi connectivity index (χ4n) is 2.88. The van der Waals surface area contributed by atoms with Gasteiger partial charge in [-0.25, -0.2) is 0 Å². The van der Waals surface area contributed by atoms with Gasteiger partial charge in [0, 0.05) is 23.6 Å². The molecule has 1 N–H and O–H groups in total. The summed E-state index contributed by atoms with van der Waals surface area (Å²) in [6, 6.07) is 8.37. The van der Waals surface area contributed by atoms with Crippen molar-refractivity contribution in [3.05, 3.63) is 35.5 Å². The quantitative estimate of drug-likeness (QED) is 0.893. The van der Waals surface area contributed by atoms with Crippen LogP contribution in [0.15, 0.2) is 30.5 Å². The summed E-state index contributed by atoms with van der Waals surface area (Å²) in [4.78, 5) is 0. The van der Waals surface area contributed by atoms with Gasteiger partial charge in [0.2, 0.25) is 0 Å². The molecule has 2 nitrogen and oxygen atoms in total. The third-order valence-corrected chi connectivity index (χ3v) is 4.22. The molecule has 2 aromatic rings. The normalized spacial score (nSPS) is 20.4. The molecule has 1 aromatic carbocycles. The molecule has 1 saturated heterocycles. The summed E-state index contributed by atoms with van der Waals surface area (Å²) in [6.07, 6.45) is 5.99. The minimum Gasteiger partial charge on any atom is -0.346 e. The molecule has 2 heterocycles. The van der Waals surface area contributed by atoms with Crippen LogP contribution in [0.3, 0.4) is 0 Å². The standard InChI is InChI=1S/C15H19ClN2/c16-14-11-18(15-6-2-1-5-13(14)15)9-7-12-4-3-8-17-10-12/h1-2,5-6,11-12,17H,3-4,7-10H2. The highest BCUT2D eigenvalue weighted by Crippen LogP contribution is 2.26. The summed E-state index contributed by atoms with van der Waals surface area (Å²) >= 11 is 6.27. The molecular formula is C15H19ClN2. The molecular weight excluding hydrogens is 244 g/mol. The second-order valence-electron chi connectivity index (χ2n) is 5.19. The lowest BCUT2D eigenvalue weighted by Gasteiger charge is -2.22. The molecule has 1 unspecified atom stereocenters. The Kier molecular flexibility index (Phi) is 3.57. The Labute approximate surface area is 113 Å². The number of aromatic nitrogens is 1. The molecule has 3 heteroatoms. The molecule has 1 fully saturated rings. The number of hydrogen-bond acceptors (Lipinski definition) is 1. The van der Waals surface area contributed by atoms with E-state index in [-0.39, 0.29) is 0 Å². The van der Waals surface area contributed by atoms with Crippen molar-refractivity contribution in [2.24, 2.45) is 5.92 Å². The number of fused-ring (bicyclic) bond motifs is 1. The summed E-state index contributed by atoms with van der Waals surface area (Å²) < 4.78 is 2.30. The predicted octanol–water partition coefficient (Wildman–Crippen LogP) is 3.68. The maximum Gasteiger partial charge on any atom is 0.0661 e. The highest BCUT2D eigenvalue weighted by molar-refractivity contribution is 6.35. The smallest absolute Gasteiger partial charge is 0.0661 e. The van der Waals surface area contributed by atoms with E-state index in [0.717, 1.165) is 17.5 Å². The fourth-order valence-corrected chi connectivity index (χ4v) is 3.16. The molecule has 1 aliphatic rings. The number of hydrogen-bond donors (Lipinski definition) is 1. The van der Waals surface area contributed by atoms with Crippen LogP contribution in [0.4, 0.5) is 0 Å². The van der Waals surface area contributed by atoms with Crippen molar-refractivity contribution in [1.29, 1.82) is 0 Å². The van der Waals surface area contributed by atoms with E-state index in [1.54, 1.807) is 0 Å². The van der Waals surface area contributed by atoms with Gasteiger partial charge in [0.1, 0.15) is 0 Å². The van der Waals surface area contributed by atoms with Gasteiger partial charge in [-0.15, -0.1) is 0 Å². The van der Waals surface area contributed by atoms with Crippen molar-refractivity contribution in [1.82, 2.24) is 9.88 Å². The van der Waals surface area contributed by atoms with Crippen LogP contribution in [0, 0.1) is 5.92 Å². The predicted molar refractivity (Wildman–Crippen MR) is 77.2 cm³/mol. The van der Waals surface area contributed by atoms with E-state index in [0.29, 0.717) is 0 Å². The molecule has 0 saturated carbocycles. The Bertz CT molecular complexity index is 526. The second-order valence-corrected chi connectivity index (χ2v) is 5.60. The first-order valence-electron chi connectivity index (χ1n) is 6.78. The molecule has 0 radical (unpaired) electrons. The molecule has 0 amide bonds. The van der Waals surface area contributed by atoms with Crippen LogP contribution in [0.5, 0.6) is 0 Å². The van der Waals surface area contributed by atoms with Crippen molar-refractivity contribution in [2.45, 2.75) is 25.8 Å². The van der Waals surface area contributed by atoms with E-state index < -0.39 is 0 Å². The lowest BCUT2D eigenvalue weighted by atomic mass is 9.96. The SMILES string of the molecule is Clc1cn(CCC2CCCNC2)c2ccccc12. The van der Waals surface area contributed by atoms with Crippen LogP contribution in [-0.4, -0.2) is 17.7 Å². The average Bonchev–Trinajstić information content (AvgIpc) is 2.75. The molecule has 1 aliphatic heterocycles. The maximum absolute atomic E-state index is 6.27. The highest BCUT2D eigenvalue weighted by atomic mass is 35.5. The van der Waals surface area contributed by atoms with Gasteiger partial charge < -0.3 is 9.88 Å². The first kappa shape index (κ1) is 12.1. The van der Waals surface area contributed by atoms with Crippen LogP contribution in [0.2, 0.25) is 5.02 Å². The molecule has 1 aromatic heterocycles. The molecule has 18 heavy (non-hydrogen) atoms. The summed E-state index contributed by atoms with van der Waals surface area (Å²) in [7, 11) is 0. The van der Waals surface area contributed by atoms with Gasteiger partial charge in [0.25, 0.3) is 0 Å². The van der Waals surface area contributed by atoms with Crippen LogP contribution in [-0.2, 0) is 6.54 Å². The Hall–Kier alpha value is -0.990. The number of nitrogens with zero attached hydrogens (tertiary/aromatic N) is 1. The molecule has 0 aliphatic carbocycles. The number of rotatable bonds is 3. The van der Waals surface area contributed by atoms with Crippen molar-refractivity contribution in [2.75, 3.05) is 13.1 Å². The van der Waals surface area contributed by atoms with Gasteiger partial charge in [0.05, 0.1) is 5.02 Å². The van der Waals surface area contributed by atoms with E-state index in [1.807, 2.05) is 6.07 Å². The second kappa shape index (κ2) is 5.33. The number of nitrogens with one attached hydrogen (secondary N) is 1. The molecule has 96 valence electrons. The Morgan fingerprint density at radius 3 is 3.06 bits per heavy atom. The summed E-state index contributed by atoms with van der Waals surface area (Å²) in [6.45, 7) is 3.43. The molecule has 3 rings (SSSR count). The first-order valence-corrected chi connectivity index (χ1v) is 7.16. The summed E-state index contributed by atoms with van der Waals surface area (Å²) in [5, 5.41) is 5.51. The Balaban J connectivity index is 1.74. The van der Waals surface area contributed by atoms with Gasteiger partial charge in [-0.05, 0) is 44.3 Å². The van der Waals surface area contributed by atoms with Crippen molar-refractivity contribution < 1.29 is 0 Å². The monoisotopic (exact) mass is 262 g/mol. The van der Waals surface area contributed by atoms with Gasteiger partial charge in [-0.2, -0.15) is 0 Å². The van der Waals surface area contributed by atoms with Gasteiger partial charge in [-0.3, -0.25) is 0 Å². The highest BCUT2D eigenvalue weighted by Gasteiger charge is 2.13. The maximum atomic E-state index is 6.27. The lowest BCUT2D eigenvalue weighted by Crippen LogP contribution is -2.30. The molecule has 1 atom stereocenters. The van der Waals surface area contributed by atoms with Crippen LogP contribution < -0.4 is 5.32 Å². The number of aryl methyl sites for hydroxylation is 1. The Morgan fingerprint density at radius 1 is 1.33 bits per heavy atom. The van der Waals surface area contributed by atoms with E-state index in [4.69, 9.17) is 11.6 Å². The van der Waals surface area contributed by atoms with E-state index in [1.165, 1.54) is 43.3 Å². The Morgan fingerprint density at radius 2 is 2.22 bits per heavy atom. The summed E-state index contributed by atoms with van der Waals surface area (Å²) in [5.74, 6) is 0.818. The third-order valence-electron chi connectivity index (χ3n) is 3.92. The number of piperidine rings is 1. The van der Waals surface area contributed by atoms with Gasteiger partial charge in [-0.1, -0.05) is 29.8 Å². The zero-order valence-corrected chi connectivity index (χ0v) is 11.3. The third kappa shape index (κ3) is 2.40.